The van der Waals surface area contributed by atoms with Gasteiger partial charge in [0.2, 0.25) is 0 Å². The van der Waals surface area contributed by atoms with Crippen molar-refractivity contribution in [2.24, 2.45) is 0 Å². The maximum atomic E-state index is 11.8. The highest BCUT2D eigenvalue weighted by atomic mass is 16.5. The van der Waals surface area contributed by atoms with E-state index in [0.29, 0.717) is 12.5 Å². The Morgan fingerprint density at radius 2 is 1.86 bits per heavy atom. The molecule has 1 amide bonds. The van der Waals surface area contributed by atoms with Crippen LogP contribution in [0.5, 0.6) is 5.75 Å². The fourth-order valence-electron chi connectivity index (χ4n) is 2.17. The molecular weight excluding hydrogens is 274 g/mol. The van der Waals surface area contributed by atoms with E-state index in [1.54, 1.807) is 0 Å². The fourth-order valence-corrected chi connectivity index (χ4v) is 2.17. The summed E-state index contributed by atoms with van der Waals surface area (Å²) in [5.74, 6) is 1.09. The largest absolute Gasteiger partial charge is 0.484 e. The molecule has 0 spiro atoms. The van der Waals surface area contributed by atoms with Crippen LogP contribution in [0.1, 0.15) is 36.5 Å². The average molecular weight is 297 g/mol. The topological polar surface area (TPSA) is 38.3 Å². The summed E-state index contributed by atoms with van der Waals surface area (Å²) in [5, 5.41) is 2.86. The van der Waals surface area contributed by atoms with E-state index >= 15 is 0 Å². The maximum Gasteiger partial charge on any atom is 0.258 e. The monoisotopic (exact) mass is 297 g/mol. The molecule has 2 aromatic carbocycles. The van der Waals surface area contributed by atoms with Crippen molar-refractivity contribution in [2.45, 2.75) is 33.2 Å². The molecule has 0 aromatic heterocycles. The lowest BCUT2D eigenvalue weighted by Gasteiger charge is -2.09. The van der Waals surface area contributed by atoms with Crippen LogP contribution in [0, 0.1) is 6.92 Å². The van der Waals surface area contributed by atoms with E-state index in [9.17, 15) is 4.79 Å². The van der Waals surface area contributed by atoms with Gasteiger partial charge in [-0.25, -0.2) is 0 Å². The molecule has 3 nitrogen and oxygen atoms in total. The molecular formula is C19H23NO2. The summed E-state index contributed by atoms with van der Waals surface area (Å²) in [5.41, 5.74) is 3.54. The standard InChI is InChI=1S/C19H23NO2/c1-14(2)17-7-9-18(10-8-17)22-13-19(21)20-12-16-6-4-5-15(3)11-16/h4-11,14H,12-13H2,1-3H3,(H,20,21). The molecule has 0 saturated heterocycles. The highest BCUT2D eigenvalue weighted by molar-refractivity contribution is 5.77. The van der Waals surface area contributed by atoms with Gasteiger partial charge in [-0.05, 0) is 36.1 Å². The second-order valence-corrected chi connectivity index (χ2v) is 5.78. The van der Waals surface area contributed by atoms with Gasteiger partial charge in [-0.1, -0.05) is 55.8 Å². The molecule has 3 heteroatoms. The molecule has 0 aliphatic heterocycles. The van der Waals surface area contributed by atoms with Gasteiger partial charge in [0.1, 0.15) is 5.75 Å². The van der Waals surface area contributed by atoms with Gasteiger partial charge in [-0.2, -0.15) is 0 Å². The van der Waals surface area contributed by atoms with Crippen LogP contribution in [-0.2, 0) is 11.3 Å². The first kappa shape index (κ1) is 16.1. The number of ether oxygens (including phenoxy) is 1. The highest BCUT2D eigenvalue weighted by Gasteiger charge is 2.04. The second-order valence-electron chi connectivity index (χ2n) is 5.78. The van der Waals surface area contributed by atoms with Gasteiger partial charge in [-0.15, -0.1) is 0 Å². The first-order valence-corrected chi connectivity index (χ1v) is 7.59. The molecule has 0 atom stereocenters. The Balaban J connectivity index is 1.77. The van der Waals surface area contributed by atoms with Crippen molar-refractivity contribution in [3.8, 4) is 5.75 Å². The molecule has 0 heterocycles. The summed E-state index contributed by atoms with van der Waals surface area (Å²) >= 11 is 0. The number of hydrogen-bond acceptors (Lipinski definition) is 2. The maximum absolute atomic E-state index is 11.8. The van der Waals surface area contributed by atoms with Crippen LogP contribution >= 0.6 is 0 Å². The van der Waals surface area contributed by atoms with Gasteiger partial charge >= 0.3 is 0 Å². The smallest absolute Gasteiger partial charge is 0.258 e. The van der Waals surface area contributed by atoms with Gasteiger partial charge < -0.3 is 10.1 Å². The Kier molecular flexibility index (Phi) is 5.59. The zero-order valence-electron chi connectivity index (χ0n) is 13.4. The molecule has 0 saturated carbocycles. The van der Waals surface area contributed by atoms with Gasteiger partial charge in [0, 0.05) is 6.54 Å². The molecule has 2 aromatic rings. The van der Waals surface area contributed by atoms with Crippen LogP contribution in [0.4, 0.5) is 0 Å². The van der Waals surface area contributed by atoms with Crippen molar-refractivity contribution in [3.05, 3.63) is 65.2 Å². The Labute approximate surface area is 132 Å². The highest BCUT2D eigenvalue weighted by Crippen LogP contribution is 2.18. The van der Waals surface area contributed by atoms with Crippen LogP contribution < -0.4 is 10.1 Å². The molecule has 116 valence electrons. The van der Waals surface area contributed by atoms with E-state index in [2.05, 4.69) is 25.2 Å². The number of rotatable bonds is 6. The van der Waals surface area contributed by atoms with Crippen LogP contribution in [0.3, 0.4) is 0 Å². The number of hydrogen-bond donors (Lipinski definition) is 1. The van der Waals surface area contributed by atoms with Crippen LogP contribution in [0.2, 0.25) is 0 Å². The Morgan fingerprint density at radius 3 is 2.50 bits per heavy atom. The first-order valence-electron chi connectivity index (χ1n) is 7.59. The molecule has 0 fully saturated rings. The molecule has 0 aliphatic carbocycles. The zero-order valence-corrected chi connectivity index (χ0v) is 13.4. The van der Waals surface area contributed by atoms with E-state index < -0.39 is 0 Å². The van der Waals surface area contributed by atoms with Gasteiger partial charge in [0.25, 0.3) is 5.91 Å². The number of carbonyl (C=O) groups is 1. The number of amides is 1. The molecule has 0 radical (unpaired) electrons. The third kappa shape index (κ3) is 4.92. The van der Waals surface area contributed by atoms with Crippen molar-refractivity contribution in [1.82, 2.24) is 5.32 Å². The average Bonchev–Trinajstić information content (AvgIpc) is 2.51. The fraction of sp³-hybridized carbons (Fsp3) is 0.316. The van der Waals surface area contributed by atoms with Crippen LogP contribution in [0.15, 0.2) is 48.5 Å². The van der Waals surface area contributed by atoms with E-state index in [0.717, 1.165) is 11.3 Å². The van der Waals surface area contributed by atoms with E-state index in [4.69, 9.17) is 4.74 Å². The molecule has 2 rings (SSSR count). The quantitative estimate of drug-likeness (QED) is 0.880. The van der Waals surface area contributed by atoms with E-state index in [1.165, 1.54) is 11.1 Å². The molecule has 0 aliphatic rings. The number of nitrogens with one attached hydrogen (secondary N) is 1. The van der Waals surface area contributed by atoms with Gasteiger partial charge in [0.05, 0.1) is 0 Å². The van der Waals surface area contributed by atoms with Crippen molar-refractivity contribution >= 4 is 5.91 Å². The normalized spacial score (nSPS) is 10.5. The number of benzene rings is 2. The predicted octanol–water partition coefficient (Wildman–Crippen LogP) is 3.81. The lowest BCUT2D eigenvalue weighted by molar-refractivity contribution is -0.123. The lowest BCUT2D eigenvalue weighted by Crippen LogP contribution is -2.28. The Morgan fingerprint density at radius 1 is 1.14 bits per heavy atom. The van der Waals surface area contributed by atoms with Crippen LogP contribution in [0.25, 0.3) is 0 Å². The summed E-state index contributed by atoms with van der Waals surface area (Å²) in [6.07, 6.45) is 0. The van der Waals surface area contributed by atoms with Crippen LogP contribution in [-0.4, -0.2) is 12.5 Å². The van der Waals surface area contributed by atoms with E-state index in [-0.39, 0.29) is 12.5 Å². The van der Waals surface area contributed by atoms with Gasteiger partial charge in [-0.3, -0.25) is 4.79 Å². The predicted molar refractivity (Wildman–Crippen MR) is 89.1 cm³/mol. The minimum absolute atomic E-state index is 0.0346. The summed E-state index contributed by atoms with van der Waals surface area (Å²) < 4.78 is 5.50. The summed E-state index contributed by atoms with van der Waals surface area (Å²) in [7, 11) is 0. The number of aryl methyl sites for hydroxylation is 1. The SMILES string of the molecule is Cc1cccc(CNC(=O)COc2ccc(C(C)C)cc2)c1. The summed E-state index contributed by atoms with van der Waals surface area (Å²) in [6, 6.07) is 16.0. The minimum Gasteiger partial charge on any atom is -0.484 e. The molecule has 1 N–H and O–H groups in total. The molecule has 0 bridgehead atoms. The van der Waals surface area contributed by atoms with Crippen molar-refractivity contribution < 1.29 is 9.53 Å². The van der Waals surface area contributed by atoms with Gasteiger partial charge in [0.15, 0.2) is 6.61 Å². The van der Waals surface area contributed by atoms with Crippen molar-refractivity contribution in [3.63, 3.8) is 0 Å². The summed E-state index contributed by atoms with van der Waals surface area (Å²) in [4.78, 5) is 11.8. The zero-order chi connectivity index (χ0) is 15.9. The Bertz CT molecular complexity index is 618. The third-order valence-electron chi connectivity index (χ3n) is 3.49. The lowest BCUT2D eigenvalue weighted by atomic mass is 10.0. The summed E-state index contributed by atoms with van der Waals surface area (Å²) in [6.45, 7) is 6.89. The minimum atomic E-state index is -0.116. The first-order chi connectivity index (χ1) is 10.5. The van der Waals surface area contributed by atoms with Crippen molar-refractivity contribution in [2.75, 3.05) is 6.61 Å². The Hall–Kier alpha value is -2.29. The second kappa shape index (κ2) is 7.64. The molecule has 22 heavy (non-hydrogen) atoms. The number of carbonyl (C=O) groups excluding carboxylic acids is 1. The third-order valence-corrected chi connectivity index (χ3v) is 3.49. The molecule has 0 unspecified atom stereocenters. The van der Waals surface area contributed by atoms with Crippen molar-refractivity contribution in [1.29, 1.82) is 0 Å². The van der Waals surface area contributed by atoms with E-state index in [1.807, 2.05) is 49.4 Å².